The first-order valence-electron chi connectivity index (χ1n) is 5.56. The molecule has 1 aromatic heterocycles. The van der Waals surface area contributed by atoms with Crippen molar-refractivity contribution in [1.29, 1.82) is 0 Å². The molecule has 0 spiro atoms. The smallest absolute Gasteiger partial charge is 0.339 e. The lowest BCUT2D eigenvalue weighted by atomic mass is 10.2. The van der Waals surface area contributed by atoms with E-state index in [1.54, 1.807) is 23.5 Å². The number of thiazole rings is 1. The van der Waals surface area contributed by atoms with Crippen LogP contribution in [0, 0.1) is 13.8 Å². The Morgan fingerprint density at radius 1 is 1.47 bits per heavy atom. The Kier molecular flexibility index (Phi) is 4.21. The summed E-state index contributed by atoms with van der Waals surface area (Å²) in [7, 11) is 0. The van der Waals surface area contributed by atoms with Gasteiger partial charge < -0.3 is 9.84 Å². The Morgan fingerprint density at radius 3 is 2.79 bits per heavy atom. The quantitative estimate of drug-likeness (QED) is 0.918. The molecule has 0 aliphatic carbocycles. The van der Waals surface area contributed by atoms with Crippen molar-refractivity contribution < 1.29 is 14.6 Å². The fourth-order valence-corrected chi connectivity index (χ4v) is 2.74. The monoisotopic (exact) mass is 341 g/mol. The van der Waals surface area contributed by atoms with Crippen molar-refractivity contribution in [3.05, 3.63) is 43.8 Å². The van der Waals surface area contributed by atoms with Gasteiger partial charge in [-0.15, -0.1) is 11.3 Å². The zero-order valence-corrected chi connectivity index (χ0v) is 12.8. The first kappa shape index (κ1) is 14.0. The van der Waals surface area contributed by atoms with Crippen LogP contribution in [0.5, 0.6) is 5.75 Å². The van der Waals surface area contributed by atoms with E-state index in [0.29, 0.717) is 10.2 Å². The average Bonchev–Trinajstić information content (AvgIpc) is 2.67. The Labute approximate surface area is 123 Å². The minimum absolute atomic E-state index is 0.138. The number of carboxylic acid groups (broad SMARTS) is 1. The molecule has 0 radical (unpaired) electrons. The van der Waals surface area contributed by atoms with Crippen LogP contribution in [0.2, 0.25) is 0 Å². The highest BCUT2D eigenvalue weighted by Crippen LogP contribution is 2.25. The number of carboxylic acids is 1. The number of benzene rings is 1. The lowest BCUT2D eigenvalue weighted by Gasteiger charge is -2.07. The van der Waals surface area contributed by atoms with Gasteiger partial charge in [-0.25, -0.2) is 9.78 Å². The first-order valence-corrected chi connectivity index (χ1v) is 7.17. The normalized spacial score (nSPS) is 10.5. The van der Waals surface area contributed by atoms with Crippen molar-refractivity contribution in [2.75, 3.05) is 0 Å². The molecule has 0 amide bonds. The van der Waals surface area contributed by atoms with Crippen molar-refractivity contribution in [3.63, 3.8) is 0 Å². The van der Waals surface area contributed by atoms with Crippen LogP contribution in [-0.2, 0) is 6.61 Å². The molecule has 19 heavy (non-hydrogen) atoms. The van der Waals surface area contributed by atoms with E-state index in [9.17, 15) is 4.79 Å². The molecule has 1 aromatic carbocycles. The first-order chi connectivity index (χ1) is 8.97. The van der Waals surface area contributed by atoms with Crippen LogP contribution < -0.4 is 4.74 Å². The highest BCUT2D eigenvalue weighted by atomic mass is 79.9. The van der Waals surface area contributed by atoms with Crippen LogP contribution in [0.4, 0.5) is 0 Å². The van der Waals surface area contributed by atoms with Crippen molar-refractivity contribution in [2.24, 2.45) is 0 Å². The zero-order valence-electron chi connectivity index (χ0n) is 10.4. The molecule has 0 saturated heterocycles. The van der Waals surface area contributed by atoms with Crippen molar-refractivity contribution in [3.8, 4) is 5.75 Å². The summed E-state index contributed by atoms with van der Waals surface area (Å²) in [5, 5.41) is 9.96. The molecule has 2 aromatic rings. The van der Waals surface area contributed by atoms with Gasteiger partial charge in [-0.1, -0.05) is 15.9 Å². The summed E-state index contributed by atoms with van der Waals surface area (Å²) >= 11 is 4.80. The second-order valence-electron chi connectivity index (χ2n) is 3.98. The van der Waals surface area contributed by atoms with Crippen LogP contribution in [0.3, 0.4) is 0 Å². The molecule has 100 valence electrons. The Bertz CT molecular complexity index is 605. The van der Waals surface area contributed by atoms with E-state index in [1.807, 2.05) is 13.8 Å². The summed E-state index contributed by atoms with van der Waals surface area (Å²) < 4.78 is 6.26. The second-order valence-corrected chi connectivity index (χ2v) is 6.19. The summed E-state index contributed by atoms with van der Waals surface area (Å²) in [6.07, 6.45) is 0. The van der Waals surface area contributed by atoms with Crippen molar-refractivity contribution in [1.82, 2.24) is 4.98 Å². The molecular formula is C13H12BrNO3S. The maximum atomic E-state index is 11.1. The summed E-state index contributed by atoms with van der Waals surface area (Å²) in [5.41, 5.74) is 1.12. The maximum Gasteiger partial charge on any atom is 0.339 e. The minimum Gasteiger partial charge on any atom is -0.486 e. The number of carbonyl (C=O) groups is 1. The predicted octanol–water partition coefficient (Wildman–Crippen LogP) is 3.80. The van der Waals surface area contributed by atoms with Crippen LogP contribution >= 0.6 is 27.3 Å². The van der Waals surface area contributed by atoms with E-state index in [0.717, 1.165) is 15.6 Å². The molecule has 4 nitrogen and oxygen atoms in total. The van der Waals surface area contributed by atoms with Gasteiger partial charge >= 0.3 is 5.97 Å². The van der Waals surface area contributed by atoms with Gasteiger partial charge in [-0.05, 0) is 32.0 Å². The van der Waals surface area contributed by atoms with E-state index in [2.05, 4.69) is 20.9 Å². The van der Waals surface area contributed by atoms with Gasteiger partial charge in [0, 0.05) is 9.35 Å². The minimum atomic E-state index is -1.01. The van der Waals surface area contributed by atoms with Crippen LogP contribution in [0.15, 0.2) is 22.7 Å². The Hall–Kier alpha value is -1.40. The van der Waals surface area contributed by atoms with E-state index < -0.39 is 5.97 Å². The Morgan fingerprint density at radius 2 is 2.21 bits per heavy atom. The van der Waals surface area contributed by atoms with Gasteiger partial charge in [0.2, 0.25) is 0 Å². The van der Waals surface area contributed by atoms with Gasteiger partial charge in [0.05, 0.1) is 5.69 Å². The summed E-state index contributed by atoms with van der Waals surface area (Å²) in [5.74, 6) is -0.663. The highest BCUT2D eigenvalue weighted by molar-refractivity contribution is 9.10. The second kappa shape index (κ2) is 5.71. The molecule has 0 aliphatic rings. The predicted molar refractivity (Wildman–Crippen MR) is 77.0 cm³/mol. The molecule has 0 saturated carbocycles. The number of nitrogens with zero attached hydrogens (tertiary/aromatic N) is 1. The van der Waals surface area contributed by atoms with Crippen molar-refractivity contribution >= 4 is 33.2 Å². The van der Waals surface area contributed by atoms with Gasteiger partial charge in [-0.3, -0.25) is 0 Å². The zero-order chi connectivity index (χ0) is 14.0. The van der Waals surface area contributed by atoms with Gasteiger partial charge in [0.1, 0.15) is 22.9 Å². The average molecular weight is 342 g/mol. The lowest BCUT2D eigenvalue weighted by Crippen LogP contribution is -2.03. The van der Waals surface area contributed by atoms with E-state index >= 15 is 0 Å². The molecule has 1 N–H and O–H groups in total. The number of hydrogen-bond donors (Lipinski definition) is 1. The maximum absolute atomic E-state index is 11.1. The number of aromatic carboxylic acids is 1. The number of aromatic nitrogens is 1. The number of ether oxygens (including phenoxy) is 1. The summed E-state index contributed by atoms with van der Waals surface area (Å²) in [4.78, 5) is 16.6. The number of halogens is 1. The lowest BCUT2D eigenvalue weighted by molar-refractivity contribution is 0.0691. The third kappa shape index (κ3) is 3.33. The molecule has 0 bridgehead atoms. The molecule has 1 heterocycles. The van der Waals surface area contributed by atoms with Gasteiger partial charge in [0.25, 0.3) is 0 Å². The molecule has 6 heteroatoms. The number of rotatable bonds is 4. The van der Waals surface area contributed by atoms with E-state index in [4.69, 9.17) is 9.84 Å². The molecule has 2 rings (SSSR count). The molecule has 0 aliphatic heterocycles. The molecule has 0 fully saturated rings. The third-order valence-corrected chi connectivity index (χ3v) is 4.14. The largest absolute Gasteiger partial charge is 0.486 e. The Balaban J connectivity index is 2.17. The van der Waals surface area contributed by atoms with Crippen molar-refractivity contribution in [2.45, 2.75) is 20.5 Å². The standard InChI is InChI=1S/C13H12BrNO3S/c1-7-8(2)19-12(15-7)6-18-11-4-3-9(14)5-10(11)13(16)17/h3-5H,6H2,1-2H3,(H,16,17). The van der Waals surface area contributed by atoms with Crippen LogP contribution in [0.25, 0.3) is 0 Å². The highest BCUT2D eigenvalue weighted by Gasteiger charge is 2.13. The third-order valence-electron chi connectivity index (χ3n) is 2.60. The molecule has 0 atom stereocenters. The fourth-order valence-electron chi connectivity index (χ4n) is 1.54. The van der Waals surface area contributed by atoms with E-state index in [1.165, 1.54) is 6.07 Å². The summed E-state index contributed by atoms with van der Waals surface area (Å²) in [6.45, 7) is 4.22. The number of hydrogen-bond acceptors (Lipinski definition) is 4. The van der Waals surface area contributed by atoms with Gasteiger partial charge in [-0.2, -0.15) is 0 Å². The SMILES string of the molecule is Cc1nc(COc2ccc(Br)cc2C(=O)O)sc1C. The van der Waals surface area contributed by atoms with Crippen LogP contribution in [0.1, 0.15) is 25.9 Å². The molecular weight excluding hydrogens is 330 g/mol. The van der Waals surface area contributed by atoms with E-state index in [-0.39, 0.29) is 12.2 Å². The topological polar surface area (TPSA) is 59.4 Å². The fraction of sp³-hybridized carbons (Fsp3) is 0.231. The number of aryl methyl sites for hydroxylation is 2. The summed E-state index contributed by atoms with van der Waals surface area (Å²) in [6, 6.07) is 4.91. The van der Waals surface area contributed by atoms with Gasteiger partial charge in [0.15, 0.2) is 0 Å². The van der Waals surface area contributed by atoms with Crippen LogP contribution in [-0.4, -0.2) is 16.1 Å². The molecule has 0 unspecified atom stereocenters.